The second kappa shape index (κ2) is 4.23. The monoisotopic (exact) mass is 252 g/mol. The Kier molecular flexibility index (Phi) is 3.38. The Hall–Kier alpha value is -0.0400. The van der Waals surface area contributed by atoms with Crippen molar-refractivity contribution in [2.24, 2.45) is 23.2 Å². The van der Waals surface area contributed by atoms with E-state index in [1.54, 1.807) is 0 Å². The molecule has 0 spiro atoms. The van der Waals surface area contributed by atoms with E-state index in [0.717, 1.165) is 22.2 Å². The average molecular weight is 252 g/mol. The Labute approximate surface area is 115 Å². The van der Waals surface area contributed by atoms with Crippen LogP contribution in [-0.2, 0) is 0 Å². The van der Waals surface area contributed by atoms with E-state index in [1.807, 2.05) is 0 Å². The van der Waals surface area contributed by atoms with Crippen LogP contribution in [0.15, 0.2) is 0 Å². The van der Waals surface area contributed by atoms with E-state index in [-0.39, 0.29) is 0 Å². The zero-order valence-electron chi connectivity index (χ0n) is 13.7. The summed E-state index contributed by atoms with van der Waals surface area (Å²) in [7, 11) is 4.85. The number of rotatable bonds is 3. The van der Waals surface area contributed by atoms with Crippen molar-refractivity contribution >= 4 is 0 Å². The number of quaternary nitrogens is 1. The normalized spacial score (nSPS) is 40.5. The lowest BCUT2D eigenvalue weighted by atomic mass is 9.47. The van der Waals surface area contributed by atoms with E-state index in [0.29, 0.717) is 11.0 Å². The smallest absolute Gasteiger partial charge is 0.0903 e. The maximum absolute atomic E-state index is 2.53. The molecule has 0 aliphatic heterocycles. The largest absolute Gasteiger partial charge is 0.324 e. The zero-order valence-corrected chi connectivity index (χ0v) is 13.7. The van der Waals surface area contributed by atoms with Gasteiger partial charge in [-0.25, -0.2) is 0 Å². The molecular formula is C17H34N+. The lowest BCUT2D eigenvalue weighted by Gasteiger charge is -2.59. The van der Waals surface area contributed by atoms with Gasteiger partial charge in [-0.3, -0.25) is 0 Å². The highest BCUT2D eigenvalue weighted by Gasteiger charge is 2.53. The molecule has 0 aromatic carbocycles. The highest BCUT2D eigenvalue weighted by atomic mass is 15.4. The number of hydrogen-bond acceptors (Lipinski definition) is 0. The molecule has 0 amide bonds. The first kappa shape index (κ1) is 14.4. The first-order chi connectivity index (χ1) is 8.08. The van der Waals surface area contributed by atoms with Crippen LogP contribution in [0.3, 0.4) is 0 Å². The summed E-state index contributed by atoms with van der Waals surface area (Å²) in [4.78, 5) is 0. The van der Waals surface area contributed by atoms with E-state index in [4.69, 9.17) is 0 Å². The van der Waals surface area contributed by atoms with Gasteiger partial charge in [0.25, 0.3) is 0 Å². The Morgan fingerprint density at radius 3 is 2.11 bits per heavy atom. The standard InChI is InChI=1S/C17H34N/c1-8-15-13-9-17(5,10-13)11-14(15)12-18(6,7)16(2,3)4/h13-15H,8-12H2,1-7H3/q+1. The molecule has 106 valence electrons. The van der Waals surface area contributed by atoms with Crippen LogP contribution in [0.5, 0.6) is 0 Å². The van der Waals surface area contributed by atoms with Gasteiger partial charge in [-0.05, 0) is 57.3 Å². The molecule has 0 aromatic rings. The third-order valence-electron chi connectivity index (χ3n) is 6.45. The number of hydrogen-bond donors (Lipinski definition) is 0. The van der Waals surface area contributed by atoms with Crippen LogP contribution < -0.4 is 0 Å². The zero-order chi connectivity index (χ0) is 13.8. The van der Waals surface area contributed by atoms with Gasteiger partial charge >= 0.3 is 0 Å². The van der Waals surface area contributed by atoms with Crippen molar-refractivity contribution in [2.45, 2.75) is 65.8 Å². The Balaban J connectivity index is 2.08. The van der Waals surface area contributed by atoms with E-state index in [2.05, 4.69) is 48.7 Å². The van der Waals surface area contributed by atoms with Crippen molar-refractivity contribution in [3.63, 3.8) is 0 Å². The van der Waals surface area contributed by atoms with Crippen molar-refractivity contribution < 1.29 is 4.48 Å². The van der Waals surface area contributed by atoms with E-state index in [1.165, 1.54) is 32.2 Å². The minimum Gasteiger partial charge on any atom is -0.324 e. The van der Waals surface area contributed by atoms with Gasteiger partial charge in [-0.15, -0.1) is 0 Å². The Morgan fingerprint density at radius 1 is 1.11 bits per heavy atom. The van der Waals surface area contributed by atoms with Crippen LogP contribution in [0.25, 0.3) is 0 Å². The van der Waals surface area contributed by atoms with Crippen LogP contribution in [0, 0.1) is 23.2 Å². The molecule has 1 heteroatoms. The first-order valence-corrected chi connectivity index (χ1v) is 7.91. The first-order valence-electron chi connectivity index (χ1n) is 7.91. The molecule has 3 aliphatic carbocycles. The molecule has 3 saturated carbocycles. The maximum Gasteiger partial charge on any atom is 0.0903 e. The SMILES string of the molecule is CCC1C2CC(C)(C2)CC1C[N+](C)(C)C(C)(C)C. The molecule has 18 heavy (non-hydrogen) atoms. The summed E-state index contributed by atoms with van der Waals surface area (Å²) >= 11 is 0. The fraction of sp³-hybridized carbons (Fsp3) is 1.00. The highest BCUT2D eigenvalue weighted by Crippen LogP contribution is 2.60. The van der Waals surface area contributed by atoms with E-state index < -0.39 is 0 Å². The minimum atomic E-state index is 0.362. The van der Waals surface area contributed by atoms with E-state index in [9.17, 15) is 0 Å². The van der Waals surface area contributed by atoms with Crippen molar-refractivity contribution in [3.05, 3.63) is 0 Å². The second-order valence-corrected chi connectivity index (χ2v) is 9.05. The summed E-state index contributed by atoms with van der Waals surface area (Å²) < 4.78 is 1.16. The molecule has 0 saturated heterocycles. The summed E-state index contributed by atoms with van der Waals surface area (Å²) in [6.45, 7) is 13.5. The van der Waals surface area contributed by atoms with Gasteiger partial charge in [-0.2, -0.15) is 0 Å². The molecule has 3 fully saturated rings. The van der Waals surface area contributed by atoms with Crippen LogP contribution in [0.2, 0.25) is 0 Å². The Morgan fingerprint density at radius 2 is 1.67 bits per heavy atom. The lowest BCUT2D eigenvalue weighted by Crippen LogP contribution is -2.60. The van der Waals surface area contributed by atoms with Gasteiger partial charge in [0.1, 0.15) is 0 Å². The molecule has 2 unspecified atom stereocenters. The third-order valence-corrected chi connectivity index (χ3v) is 6.45. The van der Waals surface area contributed by atoms with Crippen molar-refractivity contribution in [2.75, 3.05) is 20.6 Å². The molecule has 1 nitrogen and oxygen atoms in total. The molecule has 2 atom stereocenters. The molecule has 3 rings (SSSR count). The van der Waals surface area contributed by atoms with Crippen molar-refractivity contribution in [1.82, 2.24) is 0 Å². The van der Waals surface area contributed by atoms with Gasteiger partial charge in [0, 0.05) is 5.92 Å². The van der Waals surface area contributed by atoms with Gasteiger partial charge in [0.2, 0.25) is 0 Å². The number of nitrogens with zero attached hydrogens (tertiary/aromatic N) is 1. The van der Waals surface area contributed by atoms with E-state index >= 15 is 0 Å². The van der Waals surface area contributed by atoms with Crippen molar-refractivity contribution in [3.8, 4) is 0 Å². The lowest BCUT2D eigenvalue weighted by molar-refractivity contribution is -0.939. The molecule has 2 bridgehead atoms. The van der Waals surface area contributed by atoms with Gasteiger partial charge in [0.15, 0.2) is 0 Å². The topological polar surface area (TPSA) is 0 Å². The summed E-state index contributed by atoms with van der Waals surface area (Å²) in [6.07, 6.45) is 5.92. The van der Waals surface area contributed by atoms with Crippen LogP contribution in [0.1, 0.15) is 60.3 Å². The molecule has 0 N–H and O–H groups in total. The average Bonchev–Trinajstić information content (AvgIpc) is 2.12. The minimum absolute atomic E-state index is 0.362. The van der Waals surface area contributed by atoms with Crippen LogP contribution >= 0.6 is 0 Å². The summed E-state index contributed by atoms with van der Waals surface area (Å²) in [5, 5.41) is 0. The second-order valence-electron chi connectivity index (χ2n) is 9.05. The molecule has 0 radical (unpaired) electrons. The third kappa shape index (κ3) is 2.35. The summed E-state index contributed by atoms with van der Waals surface area (Å²) in [5.41, 5.74) is 1.07. The molecule has 0 aromatic heterocycles. The summed E-state index contributed by atoms with van der Waals surface area (Å²) in [5.74, 6) is 3.02. The fourth-order valence-corrected chi connectivity index (χ4v) is 4.57. The van der Waals surface area contributed by atoms with Crippen LogP contribution in [-0.4, -0.2) is 30.7 Å². The number of fused-ring (bicyclic) bond motifs is 2. The van der Waals surface area contributed by atoms with Gasteiger partial charge in [-0.1, -0.05) is 20.3 Å². The predicted octanol–water partition coefficient (Wildman–Crippen LogP) is 4.32. The van der Waals surface area contributed by atoms with Crippen molar-refractivity contribution in [1.29, 1.82) is 0 Å². The predicted molar refractivity (Wildman–Crippen MR) is 79.4 cm³/mol. The quantitative estimate of drug-likeness (QED) is 0.656. The molecule has 0 heterocycles. The molecule has 3 aliphatic rings. The summed E-state index contributed by atoms with van der Waals surface area (Å²) in [6, 6.07) is 0. The van der Waals surface area contributed by atoms with Gasteiger partial charge < -0.3 is 4.48 Å². The van der Waals surface area contributed by atoms with Crippen LogP contribution in [0.4, 0.5) is 0 Å². The Bertz CT molecular complexity index is 304. The molecular weight excluding hydrogens is 218 g/mol. The maximum atomic E-state index is 2.53. The fourth-order valence-electron chi connectivity index (χ4n) is 4.57. The van der Waals surface area contributed by atoms with Gasteiger partial charge in [0.05, 0.1) is 26.2 Å². The highest BCUT2D eigenvalue weighted by molar-refractivity contribution is 5.01.